The molecule has 0 unspecified atom stereocenters. The second-order valence-corrected chi connectivity index (χ2v) is 2.21. The van der Waals surface area contributed by atoms with E-state index >= 15 is 0 Å². The SMILES string of the molecule is CC.CC.COc1ccc(S)cc1. The first-order valence-corrected chi connectivity index (χ1v) is 5.10. The van der Waals surface area contributed by atoms with Gasteiger partial charge in [0.1, 0.15) is 5.75 Å². The van der Waals surface area contributed by atoms with Gasteiger partial charge in [0.25, 0.3) is 0 Å². The quantitative estimate of drug-likeness (QED) is 0.673. The Morgan fingerprint density at radius 3 is 1.62 bits per heavy atom. The molecule has 0 aromatic heterocycles. The van der Waals surface area contributed by atoms with E-state index in [-0.39, 0.29) is 0 Å². The minimum atomic E-state index is 0.868. The normalized spacial score (nSPS) is 7.23. The Labute approximate surface area is 87.5 Å². The summed E-state index contributed by atoms with van der Waals surface area (Å²) in [6.07, 6.45) is 0. The van der Waals surface area contributed by atoms with Gasteiger partial charge in [-0.25, -0.2) is 0 Å². The Morgan fingerprint density at radius 2 is 1.31 bits per heavy atom. The highest BCUT2D eigenvalue weighted by Crippen LogP contribution is 2.12. The third kappa shape index (κ3) is 7.72. The highest BCUT2D eigenvalue weighted by Gasteiger charge is 1.86. The topological polar surface area (TPSA) is 9.23 Å². The molecule has 0 bridgehead atoms. The minimum Gasteiger partial charge on any atom is -0.497 e. The molecule has 2 heteroatoms. The highest BCUT2D eigenvalue weighted by atomic mass is 32.1. The van der Waals surface area contributed by atoms with Gasteiger partial charge in [-0.1, -0.05) is 27.7 Å². The van der Waals surface area contributed by atoms with Gasteiger partial charge in [-0.15, -0.1) is 12.6 Å². The van der Waals surface area contributed by atoms with Gasteiger partial charge in [-0.2, -0.15) is 0 Å². The van der Waals surface area contributed by atoms with Crippen molar-refractivity contribution in [2.45, 2.75) is 32.6 Å². The monoisotopic (exact) mass is 200 g/mol. The molecule has 0 saturated heterocycles. The zero-order valence-corrected chi connectivity index (χ0v) is 10.1. The Hall–Kier alpha value is -0.630. The van der Waals surface area contributed by atoms with Crippen molar-refractivity contribution in [1.82, 2.24) is 0 Å². The van der Waals surface area contributed by atoms with E-state index in [2.05, 4.69) is 12.6 Å². The molecule has 0 N–H and O–H groups in total. The van der Waals surface area contributed by atoms with Crippen LogP contribution in [0.5, 0.6) is 5.75 Å². The number of hydrogen-bond donors (Lipinski definition) is 1. The number of thiol groups is 1. The molecule has 0 atom stereocenters. The molecule has 1 rings (SSSR count). The highest BCUT2D eigenvalue weighted by molar-refractivity contribution is 7.80. The van der Waals surface area contributed by atoms with Crippen LogP contribution in [0.4, 0.5) is 0 Å². The van der Waals surface area contributed by atoms with Crippen LogP contribution in [0, 0.1) is 0 Å². The Kier molecular flexibility index (Phi) is 13.0. The van der Waals surface area contributed by atoms with Gasteiger partial charge in [0.05, 0.1) is 7.11 Å². The smallest absolute Gasteiger partial charge is 0.118 e. The Balaban J connectivity index is 0. The molecule has 0 aliphatic rings. The lowest BCUT2D eigenvalue weighted by molar-refractivity contribution is 0.414. The van der Waals surface area contributed by atoms with E-state index in [0.29, 0.717) is 0 Å². The zero-order chi connectivity index (χ0) is 10.7. The van der Waals surface area contributed by atoms with Crippen molar-refractivity contribution in [3.8, 4) is 5.75 Å². The van der Waals surface area contributed by atoms with Crippen molar-refractivity contribution < 1.29 is 4.74 Å². The van der Waals surface area contributed by atoms with Crippen LogP contribution in [-0.2, 0) is 0 Å². The van der Waals surface area contributed by atoms with Crippen molar-refractivity contribution in [3.63, 3.8) is 0 Å². The maximum absolute atomic E-state index is 4.94. The summed E-state index contributed by atoms with van der Waals surface area (Å²) in [7, 11) is 1.65. The van der Waals surface area contributed by atoms with Crippen LogP contribution < -0.4 is 4.74 Å². The van der Waals surface area contributed by atoms with Crippen LogP contribution >= 0.6 is 12.6 Å². The van der Waals surface area contributed by atoms with E-state index in [1.54, 1.807) is 7.11 Å². The molecule has 1 aromatic carbocycles. The lowest BCUT2D eigenvalue weighted by Gasteiger charge is -1.96. The molecule has 0 fully saturated rings. The fraction of sp³-hybridized carbons (Fsp3) is 0.455. The Morgan fingerprint density at radius 1 is 0.923 bits per heavy atom. The lowest BCUT2D eigenvalue weighted by atomic mass is 10.3. The van der Waals surface area contributed by atoms with Crippen LogP contribution in [0.25, 0.3) is 0 Å². The number of rotatable bonds is 1. The molecule has 0 aliphatic carbocycles. The maximum Gasteiger partial charge on any atom is 0.118 e. The minimum absolute atomic E-state index is 0.868. The summed E-state index contributed by atoms with van der Waals surface area (Å²) in [6, 6.07) is 7.54. The predicted octanol–water partition coefficient (Wildman–Crippen LogP) is 4.04. The van der Waals surface area contributed by atoms with Gasteiger partial charge in [0.15, 0.2) is 0 Å². The van der Waals surface area contributed by atoms with Crippen LogP contribution in [0.1, 0.15) is 27.7 Å². The summed E-state index contributed by atoms with van der Waals surface area (Å²) in [5.41, 5.74) is 0. The molecule has 0 amide bonds. The van der Waals surface area contributed by atoms with Crippen molar-refractivity contribution in [3.05, 3.63) is 24.3 Å². The number of hydrogen-bond acceptors (Lipinski definition) is 2. The van der Waals surface area contributed by atoms with Crippen LogP contribution in [0.3, 0.4) is 0 Å². The van der Waals surface area contributed by atoms with E-state index in [0.717, 1.165) is 10.6 Å². The van der Waals surface area contributed by atoms with E-state index in [1.807, 2.05) is 52.0 Å². The van der Waals surface area contributed by atoms with Crippen molar-refractivity contribution in [1.29, 1.82) is 0 Å². The van der Waals surface area contributed by atoms with Crippen molar-refractivity contribution in [2.75, 3.05) is 7.11 Å². The number of methoxy groups -OCH3 is 1. The molecule has 13 heavy (non-hydrogen) atoms. The Bertz CT molecular complexity index is 182. The van der Waals surface area contributed by atoms with Gasteiger partial charge in [0, 0.05) is 4.90 Å². The third-order valence-corrected chi connectivity index (χ3v) is 1.37. The van der Waals surface area contributed by atoms with Gasteiger partial charge >= 0.3 is 0 Å². The molecule has 0 radical (unpaired) electrons. The zero-order valence-electron chi connectivity index (χ0n) is 9.16. The number of ether oxygens (including phenoxy) is 1. The summed E-state index contributed by atoms with van der Waals surface area (Å²) in [4.78, 5) is 0.954. The summed E-state index contributed by atoms with van der Waals surface area (Å²) < 4.78 is 4.94. The van der Waals surface area contributed by atoms with Crippen molar-refractivity contribution >= 4 is 12.6 Å². The van der Waals surface area contributed by atoms with Gasteiger partial charge in [-0.3, -0.25) is 0 Å². The second kappa shape index (κ2) is 11.4. The van der Waals surface area contributed by atoms with Gasteiger partial charge < -0.3 is 4.74 Å². The molecule has 1 aromatic rings. The summed E-state index contributed by atoms with van der Waals surface area (Å²) in [5, 5.41) is 0. The molecule has 0 spiro atoms. The second-order valence-electron chi connectivity index (χ2n) is 1.70. The summed E-state index contributed by atoms with van der Waals surface area (Å²) in [6.45, 7) is 8.00. The third-order valence-electron chi connectivity index (χ3n) is 1.07. The van der Waals surface area contributed by atoms with Crippen molar-refractivity contribution in [2.24, 2.45) is 0 Å². The fourth-order valence-electron chi connectivity index (χ4n) is 0.582. The molecule has 0 aliphatic heterocycles. The largest absolute Gasteiger partial charge is 0.497 e. The summed E-state index contributed by atoms with van der Waals surface area (Å²) >= 11 is 4.11. The van der Waals surface area contributed by atoms with E-state index in [9.17, 15) is 0 Å². The van der Waals surface area contributed by atoms with Crippen LogP contribution in [0.15, 0.2) is 29.2 Å². The average molecular weight is 200 g/mol. The molecule has 0 saturated carbocycles. The van der Waals surface area contributed by atoms with Gasteiger partial charge in [-0.05, 0) is 24.3 Å². The standard InChI is InChI=1S/C7H8OS.2C2H6/c1-8-6-2-4-7(9)5-3-6;2*1-2/h2-5,9H,1H3;2*1-2H3. The van der Waals surface area contributed by atoms with Crippen LogP contribution in [-0.4, -0.2) is 7.11 Å². The molecule has 0 heterocycles. The fourth-order valence-corrected chi connectivity index (χ4v) is 0.731. The lowest BCUT2D eigenvalue weighted by Crippen LogP contribution is -1.79. The van der Waals surface area contributed by atoms with Crippen LogP contribution in [0.2, 0.25) is 0 Å². The maximum atomic E-state index is 4.94. The van der Waals surface area contributed by atoms with E-state index in [1.165, 1.54) is 0 Å². The van der Waals surface area contributed by atoms with E-state index < -0.39 is 0 Å². The average Bonchev–Trinajstić information content (AvgIpc) is 2.25. The first kappa shape index (κ1) is 14.9. The van der Waals surface area contributed by atoms with E-state index in [4.69, 9.17) is 4.74 Å². The molecule has 76 valence electrons. The number of benzene rings is 1. The predicted molar refractivity (Wildman–Crippen MR) is 62.9 cm³/mol. The molecular formula is C11H20OS. The van der Waals surface area contributed by atoms with Gasteiger partial charge in [0.2, 0.25) is 0 Å². The summed E-state index contributed by atoms with van der Waals surface area (Å²) in [5.74, 6) is 0.868. The molecule has 1 nitrogen and oxygen atoms in total. The first-order valence-electron chi connectivity index (χ1n) is 4.66. The molecular weight excluding hydrogens is 180 g/mol. The first-order chi connectivity index (χ1) is 6.33.